The predicted molar refractivity (Wildman–Crippen MR) is 70.4 cm³/mol. The van der Waals surface area contributed by atoms with Gasteiger partial charge in [-0.2, -0.15) is 0 Å². The molecule has 0 radical (unpaired) electrons. The minimum Gasteiger partial charge on any atom is -0.423 e. The van der Waals surface area contributed by atoms with Gasteiger partial charge in [-0.3, -0.25) is 9.78 Å². The van der Waals surface area contributed by atoms with Crippen molar-refractivity contribution in [2.24, 2.45) is 0 Å². The van der Waals surface area contributed by atoms with E-state index in [4.69, 9.17) is 4.74 Å². The molecule has 0 aliphatic heterocycles. The minimum absolute atomic E-state index is 0.276. The third-order valence-corrected chi connectivity index (χ3v) is 3.44. The lowest BCUT2D eigenvalue weighted by atomic mass is 10.2. The number of aromatic nitrogens is 1. The molecule has 4 heteroatoms. The minimum atomic E-state index is -0.286. The van der Waals surface area contributed by atoms with Crippen molar-refractivity contribution in [2.45, 2.75) is 18.2 Å². The summed E-state index contributed by atoms with van der Waals surface area (Å²) in [7, 11) is 0. The molecule has 17 heavy (non-hydrogen) atoms. The van der Waals surface area contributed by atoms with Crippen LogP contribution in [0.3, 0.4) is 0 Å². The maximum atomic E-state index is 11.7. The van der Waals surface area contributed by atoms with Gasteiger partial charge in [-0.15, -0.1) is 0 Å². The summed E-state index contributed by atoms with van der Waals surface area (Å²) < 4.78 is 5.33. The van der Waals surface area contributed by atoms with Crippen LogP contribution in [0.5, 0.6) is 5.75 Å². The third kappa shape index (κ3) is 2.64. The number of rotatable bonds is 3. The van der Waals surface area contributed by atoms with Crippen molar-refractivity contribution in [1.82, 2.24) is 4.98 Å². The van der Waals surface area contributed by atoms with E-state index in [0.717, 1.165) is 5.39 Å². The summed E-state index contributed by atoms with van der Waals surface area (Å²) >= 11 is 3.27. The zero-order valence-corrected chi connectivity index (χ0v) is 11.0. The molecule has 0 aliphatic rings. The van der Waals surface area contributed by atoms with Gasteiger partial charge >= 0.3 is 5.97 Å². The molecular weight excluding hydrogens is 282 g/mol. The number of benzene rings is 1. The Labute approximate surface area is 108 Å². The molecule has 1 heterocycles. The summed E-state index contributed by atoms with van der Waals surface area (Å²) in [6.07, 6.45) is 2.38. The molecule has 1 atom stereocenters. The van der Waals surface area contributed by atoms with Crippen LogP contribution in [0.2, 0.25) is 0 Å². The fourth-order valence-electron chi connectivity index (χ4n) is 1.50. The summed E-state index contributed by atoms with van der Waals surface area (Å²) in [6.45, 7) is 1.92. The second kappa shape index (κ2) is 5.27. The molecule has 0 spiro atoms. The van der Waals surface area contributed by atoms with Crippen LogP contribution in [0.25, 0.3) is 10.9 Å². The van der Waals surface area contributed by atoms with Gasteiger partial charge in [0.05, 0.1) is 0 Å². The van der Waals surface area contributed by atoms with Crippen LogP contribution in [0.1, 0.15) is 13.3 Å². The lowest BCUT2D eigenvalue weighted by Gasteiger charge is -2.09. The number of nitrogens with zero attached hydrogens (tertiary/aromatic N) is 1. The van der Waals surface area contributed by atoms with Gasteiger partial charge < -0.3 is 4.74 Å². The summed E-state index contributed by atoms with van der Waals surface area (Å²) in [6, 6.07) is 9.33. The number of pyridine rings is 1. The fraction of sp³-hybridized carbons (Fsp3) is 0.231. The number of carbonyl (C=O) groups excluding carboxylic acids is 1. The Morgan fingerprint density at radius 3 is 2.94 bits per heavy atom. The molecule has 1 aromatic heterocycles. The molecule has 0 N–H and O–H groups in total. The van der Waals surface area contributed by atoms with Gasteiger partial charge in [0.2, 0.25) is 0 Å². The Balaban J connectivity index is 2.33. The highest BCUT2D eigenvalue weighted by Gasteiger charge is 2.16. The van der Waals surface area contributed by atoms with E-state index in [1.165, 1.54) is 0 Å². The Kier molecular flexibility index (Phi) is 3.74. The monoisotopic (exact) mass is 293 g/mol. The van der Waals surface area contributed by atoms with E-state index in [0.29, 0.717) is 17.7 Å². The second-order valence-corrected chi connectivity index (χ2v) is 4.73. The molecular formula is C13H12BrNO2. The highest BCUT2D eigenvalue weighted by molar-refractivity contribution is 9.10. The van der Waals surface area contributed by atoms with Crippen LogP contribution in [-0.4, -0.2) is 15.8 Å². The molecule has 0 saturated heterocycles. The maximum Gasteiger partial charge on any atom is 0.325 e. The zero-order chi connectivity index (χ0) is 12.3. The molecule has 0 saturated carbocycles. The molecule has 1 unspecified atom stereocenters. The Morgan fingerprint density at radius 1 is 1.41 bits per heavy atom. The maximum absolute atomic E-state index is 11.7. The van der Waals surface area contributed by atoms with Gasteiger partial charge in [0.1, 0.15) is 10.3 Å². The van der Waals surface area contributed by atoms with Crippen LogP contribution in [0.15, 0.2) is 36.5 Å². The molecule has 1 aromatic carbocycles. The molecule has 3 nitrogen and oxygen atoms in total. The van der Waals surface area contributed by atoms with E-state index in [9.17, 15) is 4.79 Å². The van der Waals surface area contributed by atoms with Crippen molar-refractivity contribution in [2.75, 3.05) is 0 Å². The number of esters is 1. The number of fused-ring (bicyclic) bond motifs is 1. The van der Waals surface area contributed by atoms with Gasteiger partial charge in [-0.05, 0) is 18.6 Å². The SMILES string of the molecule is CCC(Br)C(=O)Oc1cccc2cccnc12. The average molecular weight is 294 g/mol. The quantitative estimate of drug-likeness (QED) is 0.495. The lowest BCUT2D eigenvalue weighted by molar-refractivity contribution is -0.133. The highest BCUT2D eigenvalue weighted by Crippen LogP contribution is 2.24. The fourth-order valence-corrected chi connectivity index (χ4v) is 1.59. The van der Waals surface area contributed by atoms with E-state index < -0.39 is 0 Å². The Hall–Kier alpha value is -1.42. The van der Waals surface area contributed by atoms with Crippen LogP contribution >= 0.6 is 15.9 Å². The summed E-state index contributed by atoms with van der Waals surface area (Å²) in [5.74, 6) is 0.219. The van der Waals surface area contributed by atoms with Crippen molar-refractivity contribution < 1.29 is 9.53 Å². The Morgan fingerprint density at radius 2 is 2.18 bits per heavy atom. The molecule has 2 rings (SSSR count). The second-order valence-electron chi connectivity index (χ2n) is 3.63. The number of para-hydroxylation sites is 1. The van der Waals surface area contributed by atoms with Crippen LogP contribution in [0.4, 0.5) is 0 Å². The summed E-state index contributed by atoms with van der Waals surface area (Å²) in [5.41, 5.74) is 0.708. The first-order chi connectivity index (χ1) is 8.22. The third-order valence-electron chi connectivity index (χ3n) is 2.42. The number of alkyl halides is 1. The van der Waals surface area contributed by atoms with Gasteiger partial charge in [0.15, 0.2) is 5.75 Å². The topological polar surface area (TPSA) is 39.2 Å². The van der Waals surface area contributed by atoms with Crippen molar-refractivity contribution in [3.63, 3.8) is 0 Å². The van der Waals surface area contributed by atoms with Gasteiger partial charge in [-0.1, -0.05) is 41.1 Å². The van der Waals surface area contributed by atoms with E-state index in [1.54, 1.807) is 12.3 Å². The number of carbonyl (C=O) groups is 1. The Bertz CT molecular complexity index is 536. The smallest absolute Gasteiger partial charge is 0.325 e. The van der Waals surface area contributed by atoms with E-state index >= 15 is 0 Å². The summed E-state index contributed by atoms with van der Waals surface area (Å²) in [4.78, 5) is 15.6. The zero-order valence-electron chi connectivity index (χ0n) is 9.39. The van der Waals surface area contributed by atoms with Crippen molar-refractivity contribution >= 4 is 32.8 Å². The first kappa shape index (κ1) is 12.0. The normalized spacial score (nSPS) is 12.4. The molecule has 0 bridgehead atoms. The van der Waals surface area contributed by atoms with E-state index in [2.05, 4.69) is 20.9 Å². The molecule has 0 amide bonds. The van der Waals surface area contributed by atoms with E-state index in [1.807, 2.05) is 31.2 Å². The van der Waals surface area contributed by atoms with Gasteiger partial charge in [0, 0.05) is 11.6 Å². The number of hydrogen-bond donors (Lipinski definition) is 0. The molecule has 0 aliphatic carbocycles. The summed E-state index contributed by atoms with van der Waals surface area (Å²) in [5, 5.41) is 0.959. The number of hydrogen-bond acceptors (Lipinski definition) is 3. The van der Waals surface area contributed by atoms with Crippen molar-refractivity contribution in [3.05, 3.63) is 36.5 Å². The van der Waals surface area contributed by atoms with Crippen LogP contribution in [0, 0.1) is 0 Å². The van der Waals surface area contributed by atoms with Crippen molar-refractivity contribution in [1.29, 1.82) is 0 Å². The first-order valence-corrected chi connectivity index (χ1v) is 6.33. The van der Waals surface area contributed by atoms with Gasteiger partial charge in [0.25, 0.3) is 0 Å². The highest BCUT2D eigenvalue weighted by atomic mass is 79.9. The predicted octanol–water partition coefficient (Wildman–Crippen LogP) is 3.31. The van der Waals surface area contributed by atoms with Crippen LogP contribution < -0.4 is 4.74 Å². The standard InChI is InChI=1S/C13H12BrNO2/c1-2-10(14)13(16)17-11-7-3-5-9-6-4-8-15-12(9)11/h3-8,10H,2H2,1H3. The lowest BCUT2D eigenvalue weighted by Crippen LogP contribution is -2.19. The average Bonchev–Trinajstić information content (AvgIpc) is 2.38. The van der Waals surface area contributed by atoms with E-state index in [-0.39, 0.29) is 10.8 Å². The number of halogens is 1. The number of ether oxygens (including phenoxy) is 1. The van der Waals surface area contributed by atoms with Crippen LogP contribution in [-0.2, 0) is 4.79 Å². The molecule has 88 valence electrons. The first-order valence-electron chi connectivity index (χ1n) is 5.42. The molecule has 0 fully saturated rings. The molecule has 2 aromatic rings. The van der Waals surface area contributed by atoms with Crippen molar-refractivity contribution in [3.8, 4) is 5.75 Å². The largest absolute Gasteiger partial charge is 0.423 e. The van der Waals surface area contributed by atoms with Gasteiger partial charge in [-0.25, -0.2) is 0 Å².